The molecule has 0 bridgehead atoms. The van der Waals surface area contributed by atoms with Gasteiger partial charge in [-0.15, -0.1) is 0 Å². The maximum Gasteiger partial charge on any atom is 0.303 e. The van der Waals surface area contributed by atoms with Crippen LogP contribution in [0, 0.1) is 0 Å². The lowest BCUT2D eigenvalue weighted by Crippen LogP contribution is -2.41. The topological polar surface area (TPSA) is 102 Å². The number of rotatable bonds is 7. The van der Waals surface area contributed by atoms with Crippen LogP contribution in [0.4, 0.5) is 0 Å². The highest BCUT2D eigenvalue weighted by molar-refractivity contribution is 5.82. The fourth-order valence-electron chi connectivity index (χ4n) is 1.72. The SMILES string of the molecule is COc1cccc([C@@H](C)NC(=O)C(N)CCC(=O)O)c1. The number of carbonyl (C=O) groups excluding carboxylic acids is 1. The summed E-state index contributed by atoms with van der Waals surface area (Å²) in [5.41, 5.74) is 6.54. The number of benzene rings is 1. The van der Waals surface area contributed by atoms with Gasteiger partial charge in [0, 0.05) is 6.42 Å². The Morgan fingerprint density at radius 2 is 2.15 bits per heavy atom. The van der Waals surface area contributed by atoms with Crippen molar-refractivity contribution < 1.29 is 19.4 Å². The van der Waals surface area contributed by atoms with Gasteiger partial charge in [0.25, 0.3) is 0 Å². The first kappa shape index (κ1) is 16.0. The normalized spacial score (nSPS) is 13.3. The first-order valence-electron chi connectivity index (χ1n) is 6.35. The van der Waals surface area contributed by atoms with Crippen LogP contribution >= 0.6 is 0 Å². The summed E-state index contributed by atoms with van der Waals surface area (Å²) in [6, 6.07) is 6.30. The predicted molar refractivity (Wildman–Crippen MR) is 74.4 cm³/mol. The van der Waals surface area contributed by atoms with Crippen molar-refractivity contribution in [2.75, 3.05) is 7.11 Å². The minimum absolute atomic E-state index is 0.117. The Kier molecular flexibility index (Phi) is 5.99. The number of aliphatic carboxylic acids is 1. The number of nitrogens with two attached hydrogens (primary N) is 1. The third-order valence-electron chi connectivity index (χ3n) is 2.96. The summed E-state index contributed by atoms with van der Waals surface area (Å²) in [6.45, 7) is 1.83. The van der Waals surface area contributed by atoms with Crippen LogP contribution in [0.5, 0.6) is 5.75 Å². The second kappa shape index (κ2) is 7.49. The third kappa shape index (κ3) is 4.89. The minimum Gasteiger partial charge on any atom is -0.497 e. The smallest absolute Gasteiger partial charge is 0.303 e. The van der Waals surface area contributed by atoms with E-state index in [2.05, 4.69) is 5.32 Å². The molecular formula is C14H20N2O4. The van der Waals surface area contributed by atoms with Crippen molar-refractivity contribution in [3.63, 3.8) is 0 Å². The van der Waals surface area contributed by atoms with E-state index in [1.807, 2.05) is 31.2 Å². The van der Waals surface area contributed by atoms with E-state index in [-0.39, 0.29) is 24.8 Å². The summed E-state index contributed by atoms with van der Waals surface area (Å²) < 4.78 is 5.12. The Labute approximate surface area is 117 Å². The van der Waals surface area contributed by atoms with E-state index in [4.69, 9.17) is 15.6 Å². The molecule has 0 aromatic heterocycles. The molecule has 1 amide bonds. The van der Waals surface area contributed by atoms with Gasteiger partial charge < -0.3 is 20.9 Å². The summed E-state index contributed by atoms with van der Waals surface area (Å²) in [4.78, 5) is 22.3. The molecule has 2 atom stereocenters. The van der Waals surface area contributed by atoms with Gasteiger partial charge in [-0.05, 0) is 31.0 Å². The lowest BCUT2D eigenvalue weighted by molar-refractivity contribution is -0.137. The lowest BCUT2D eigenvalue weighted by Gasteiger charge is -2.18. The summed E-state index contributed by atoms with van der Waals surface area (Å²) >= 11 is 0. The molecule has 20 heavy (non-hydrogen) atoms. The van der Waals surface area contributed by atoms with E-state index in [0.717, 1.165) is 5.56 Å². The number of methoxy groups -OCH3 is 1. The number of ether oxygens (including phenoxy) is 1. The number of carboxylic acids is 1. The van der Waals surface area contributed by atoms with E-state index in [1.165, 1.54) is 0 Å². The van der Waals surface area contributed by atoms with Gasteiger partial charge in [-0.2, -0.15) is 0 Å². The molecule has 0 radical (unpaired) electrons. The first-order valence-corrected chi connectivity index (χ1v) is 6.35. The average Bonchev–Trinajstić information content (AvgIpc) is 2.44. The number of hydrogen-bond donors (Lipinski definition) is 3. The van der Waals surface area contributed by atoms with E-state index in [9.17, 15) is 9.59 Å². The monoisotopic (exact) mass is 280 g/mol. The van der Waals surface area contributed by atoms with Crippen molar-refractivity contribution >= 4 is 11.9 Å². The molecule has 6 heteroatoms. The van der Waals surface area contributed by atoms with Gasteiger partial charge in [-0.25, -0.2) is 0 Å². The molecule has 1 unspecified atom stereocenters. The summed E-state index contributed by atoms with van der Waals surface area (Å²) in [5.74, 6) is -0.616. The van der Waals surface area contributed by atoms with Crippen LogP contribution in [0.15, 0.2) is 24.3 Å². The van der Waals surface area contributed by atoms with Crippen LogP contribution in [0.1, 0.15) is 31.4 Å². The van der Waals surface area contributed by atoms with E-state index in [0.29, 0.717) is 5.75 Å². The van der Waals surface area contributed by atoms with Crippen LogP contribution in [-0.4, -0.2) is 30.1 Å². The van der Waals surface area contributed by atoms with E-state index < -0.39 is 12.0 Å². The van der Waals surface area contributed by atoms with Crippen molar-refractivity contribution in [3.8, 4) is 5.75 Å². The molecule has 1 aromatic rings. The molecule has 0 saturated heterocycles. The van der Waals surface area contributed by atoms with Gasteiger partial charge >= 0.3 is 5.97 Å². The molecule has 110 valence electrons. The standard InChI is InChI=1S/C14H20N2O4/c1-9(10-4-3-5-11(8-10)20-2)16-14(19)12(15)6-7-13(17)18/h3-5,8-9,12H,6-7,15H2,1-2H3,(H,16,19)(H,17,18)/t9-,12?/m1/s1. The first-order chi connectivity index (χ1) is 9.43. The quantitative estimate of drug-likeness (QED) is 0.693. The summed E-state index contributed by atoms with van der Waals surface area (Å²) in [7, 11) is 1.57. The van der Waals surface area contributed by atoms with Crippen LogP contribution in [0.25, 0.3) is 0 Å². The van der Waals surface area contributed by atoms with Gasteiger partial charge in [-0.1, -0.05) is 12.1 Å². The molecule has 0 fully saturated rings. The number of carbonyl (C=O) groups is 2. The Bertz CT molecular complexity index is 476. The van der Waals surface area contributed by atoms with Gasteiger partial charge in [-0.3, -0.25) is 9.59 Å². The van der Waals surface area contributed by atoms with Gasteiger partial charge in [0.2, 0.25) is 5.91 Å². The fourth-order valence-corrected chi connectivity index (χ4v) is 1.72. The van der Waals surface area contributed by atoms with Crippen LogP contribution in [-0.2, 0) is 9.59 Å². The van der Waals surface area contributed by atoms with E-state index >= 15 is 0 Å². The van der Waals surface area contributed by atoms with Crippen molar-refractivity contribution in [1.29, 1.82) is 0 Å². The third-order valence-corrected chi connectivity index (χ3v) is 2.96. The zero-order valence-corrected chi connectivity index (χ0v) is 11.6. The molecule has 4 N–H and O–H groups in total. The second-order valence-corrected chi connectivity index (χ2v) is 4.55. The molecule has 0 aliphatic rings. The van der Waals surface area contributed by atoms with Gasteiger partial charge in [0.15, 0.2) is 0 Å². The largest absolute Gasteiger partial charge is 0.497 e. The van der Waals surface area contributed by atoms with E-state index in [1.54, 1.807) is 7.11 Å². The summed E-state index contributed by atoms with van der Waals surface area (Å²) in [6.07, 6.45) is -0.00583. The van der Waals surface area contributed by atoms with Crippen LogP contribution in [0.2, 0.25) is 0 Å². The Hall–Kier alpha value is -2.08. The molecular weight excluding hydrogens is 260 g/mol. The zero-order chi connectivity index (χ0) is 15.1. The highest BCUT2D eigenvalue weighted by Crippen LogP contribution is 2.18. The Morgan fingerprint density at radius 1 is 1.45 bits per heavy atom. The Morgan fingerprint density at radius 3 is 2.75 bits per heavy atom. The lowest BCUT2D eigenvalue weighted by atomic mass is 10.1. The maximum absolute atomic E-state index is 11.8. The number of carboxylic acid groups (broad SMARTS) is 1. The van der Waals surface area contributed by atoms with Crippen molar-refractivity contribution in [2.45, 2.75) is 31.8 Å². The van der Waals surface area contributed by atoms with Crippen molar-refractivity contribution in [1.82, 2.24) is 5.32 Å². The zero-order valence-electron chi connectivity index (χ0n) is 11.6. The van der Waals surface area contributed by atoms with Crippen LogP contribution < -0.4 is 15.8 Å². The number of hydrogen-bond acceptors (Lipinski definition) is 4. The molecule has 1 aromatic carbocycles. The molecule has 0 saturated carbocycles. The second-order valence-electron chi connectivity index (χ2n) is 4.55. The van der Waals surface area contributed by atoms with Crippen molar-refractivity contribution in [3.05, 3.63) is 29.8 Å². The molecule has 0 aliphatic heterocycles. The average molecular weight is 280 g/mol. The highest BCUT2D eigenvalue weighted by Gasteiger charge is 2.17. The summed E-state index contributed by atoms with van der Waals surface area (Å²) in [5, 5.41) is 11.3. The Balaban J connectivity index is 2.57. The molecule has 1 rings (SSSR count). The number of nitrogens with one attached hydrogen (secondary N) is 1. The predicted octanol–water partition coefficient (Wildman–Crippen LogP) is 1.06. The fraction of sp³-hybridized carbons (Fsp3) is 0.429. The minimum atomic E-state index is -0.964. The van der Waals surface area contributed by atoms with Crippen LogP contribution in [0.3, 0.4) is 0 Å². The highest BCUT2D eigenvalue weighted by atomic mass is 16.5. The van der Waals surface area contributed by atoms with Crippen molar-refractivity contribution in [2.24, 2.45) is 5.73 Å². The molecule has 6 nitrogen and oxygen atoms in total. The number of amides is 1. The maximum atomic E-state index is 11.8. The molecule has 0 spiro atoms. The molecule has 0 heterocycles. The van der Waals surface area contributed by atoms with Gasteiger partial charge in [0.1, 0.15) is 5.75 Å². The van der Waals surface area contributed by atoms with Gasteiger partial charge in [0.05, 0.1) is 19.2 Å². The molecule has 0 aliphatic carbocycles.